The van der Waals surface area contributed by atoms with Crippen LogP contribution in [-0.2, 0) is 20.0 Å². The molecule has 2 heterocycles. The van der Waals surface area contributed by atoms with Gasteiger partial charge in [0.2, 0.25) is 0 Å². The van der Waals surface area contributed by atoms with Gasteiger partial charge in [0.05, 0.1) is 17.4 Å². The maximum absolute atomic E-state index is 4.71. The molecule has 1 N–H and O–H groups in total. The zero-order valence-corrected chi connectivity index (χ0v) is 13.2. The third kappa shape index (κ3) is 3.36. The van der Waals surface area contributed by atoms with Gasteiger partial charge in [-0.1, -0.05) is 12.1 Å². The van der Waals surface area contributed by atoms with Gasteiger partial charge in [-0.05, 0) is 32.0 Å². The predicted octanol–water partition coefficient (Wildman–Crippen LogP) is 2.38. The Bertz CT molecular complexity index is 714. The van der Waals surface area contributed by atoms with Gasteiger partial charge < -0.3 is 14.5 Å². The van der Waals surface area contributed by atoms with Crippen molar-refractivity contribution in [1.82, 2.24) is 24.4 Å². The number of nitrogens with one attached hydrogen (secondary N) is 1. The van der Waals surface area contributed by atoms with E-state index in [1.807, 2.05) is 24.8 Å². The summed E-state index contributed by atoms with van der Waals surface area (Å²) in [6.07, 6.45) is 7.76. The fourth-order valence-corrected chi connectivity index (χ4v) is 2.79. The van der Waals surface area contributed by atoms with Crippen LogP contribution >= 0.6 is 0 Å². The molecule has 0 unspecified atom stereocenters. The molecule has 0 aliphatic rings. The van der Waals surface area contributed by atoms with Crippen molar-refractivity contribution in [3.05, 3.63) is 48.8 Å². The van der Waals surface area contributed by atoms with Crippen molar-refractivity contribution in [2.24, 2.45) is 7.05 Å². The monoisotopic (exact) mass is 297 g/mol. The fraction of sp³-hybridized carbons (Fsp3) is 0.412. The molecule has 0 saturated carbocycles. The highest BCUT2D eigenvalue weighted by Gasteiger charge is 2.07. The lowest BCUT2D eigenvalue weighted by Crippen LogP contribution is -2.31. The van der Waals surface area contributed by atoms with Crippen molar-refractivity contribution < 1.29 is 0 Å². The lowest BCUT2D eigenvalue weighted by Gasteiger charge is -2.14. The van der Waals surface area contributed by atoms with Gasteiger partial charge in [-0.3, -0.25) is 0 Å². The molecule has 0 amide bonds. The van der Waals surface area contributed by atoms with Crippen molar-refractivity contribution in [1.29, 1.82) is 0 Å². The minimum absolute atomic E-state index is 0.439. The average molecular weight is 297 g/mol. The summed E-state index contributed by atoms with van der Waals surface area (Å²) in [4.78, 5) is 8.78. The first kappa shape index (κ1) is 14.8. The van der Waals surface area contributed by atoms with Gasteiger partial charge >= 0.3 is 0 Å². The van der Waals surface area contributed by atoms with Crippen molar-refractivity contribution in [2.75, 3.05) is 6.54 Å². The van der Waals surface area contributed by atoms with Crippen LogP contribution in [0.15, 0.2) is 43.0 Å². The highest BCUT2D eigenvalue weighted by molar-refractivity contribution is 5.75. The molecule has 1 atom stereocenters. The Labute approximate surface area is 131 Å². The van der Waals surface area contributed by atoms with E-state index in [0.717, 1.165) is 37.3 Å². The highest BCUT2D eigenvalue weighted by Crippen LogP contribution is 2.15. The summed E-state index contributed by atoms with van der Waals surface area (Å²) in [5.74, 6) is 1.16. The number of para-hydroxylation sites is 2. The number of nitrogens with zero attached hydrogens (tertiary/aromatic N) is 4. The summed E-state index contributed by atoms with van der Waals surface area (Å²) in [5.41, 5.74) is 2.29. The normalized spacial score (nSPS) is 12.8. The molecule has 1 aromatic carbocycles. The largest absolute Gasteiger partial charge is 0.336 e. The van der Waals surface area contributed by atoms with Crippen molar-refractivity contribution in [3.63, 3.8) is 0 Å². The van der Waals surface area contributed by atoms with Crippen molar-refractivity contribution >= 4 is 11.0 Å². The van der Waals surface area contributed by atoms with E-state index < -0.39 is 0 Å². The lowest BCUT2D eigenvalue weighted by atomic mass is 10.2. The Kier molecular flexibility index (Phi) is 4.53. The van der Waals surface area contributed by atoms with Crippen molar-refractivity contribution in [3.8, 4) is 0 Å². The van der Waals surface area contributed by atoms with Crippen LogP contribution in [0.1, 0.15) is 19.2 Å². The third-order valence-corrected chi connectivity index (χ3v) is 3.99. The molecular weight excluding hydrogens is 274 g/mol. The molecule has 116 valence electrons. The molecule has 3 aromatic rings. The van der Waals surface area contributed by atoms with Gasteiger partial charge in [-0.25, -0.2) is 9.97 Å². The van der Waals surface area contributed by atoms with Crippen molar-refractivity contribution in [2.45, 2.75) is 32.4 Å². The van der Waals surface area contributed by atoms with E-state index in [0.29, 0.717) is 6.04 Å². The van der Waals surface area contributed by atoms with E-state index in [9.17, 15) is 0 Å². The Balaban J connectivity index is 1.47. The van der Waals surface area contributed by atoms with E-state index in [2.05, 4.69) is 51.6 Å². The number of hydrogen-bond acceptors (Lipinski definition) is 3. The number of rotatable bonds is 7. The minimum Gasteiger partial charge on any atom is -0.336 e. The van der Waals surface area contributed by atoms with Crippen LogP contribution < -0.4 is 5.32 Å². The summed E-state index contributed by atoms with van der Waals surface area (Å²) < 4.78 is 4.30. The van der Waals surface area contributed by atoms with E-state index in [4.69, 9.17) is 4.98 Å². The number of aryl methyl sites for hydroxylation is 2. The topological polar surface area (TPSA) is 47.7 Å². The Morgan fingerprint density at radius 3 is 2.91 bits per heavy atom. The molecule has 0 spiro atoms. The molecule has 3 rings (SSSR count). The van der Waals surface area contributed by atoms with E-state index in [1.165, 1.54) is 5.52 Å². The number of hydrogen-bond donors (Lipinski definition) is 1. The first-order valence-corrected chi connectivity index (χ1v) is 7.83. The van der Waals surface area contributed by atoms with Gasteiger partial charge in [0, 0.05) is 38.4 Å². The lowest BCUT2D eigenvalue weighted by molar-refractivity contribution is 0.470. The van der Waals surface area contributed by atoms with Gasteiger partial charge in [0.1, 0.15) is 5.82 Å². The quantitative estimate of drug-likeness (QED) is 0.681. The molecule has 2 aromatic heterocycles. The molecule has 5 nitrogen and oxygen atoms in total. The molecule has 0 bridgehead atoms. The van der Waals surface area contributed by atoms with E-state index >= 15 is 0 Å². The van der Waals surface area contributed by atoms with Crippen LogP contribution in [0.25, 0.3) is 11.0 Å². The fourth-order valence-electron chi connectivity index (χ4n) is 2.79. The maximum atomic E-state index is 4.71. The SMILES string of the molecule is C[C@H](Cn1ccnc1)NCCCc1nc2ccccc2n1C. The summed E-state index contributed by atoms with van der Waals surface area (Å²) in [5, 5.41) is 3.56. The highest BCUT2D eigenvalue weighted by atomic mass is 15.1. The minimum atomic E-state index is 0.439. The number of benzene rings is 1. The van der Waals surface area contributed by atoms with Crippen LogP contribution in [0, 0.1) is 0 Å². The number of fused-ring (bicyclic) bond motifs is 1. The third-order valence-electron chi connectivity index (χ3n) is 3.99. The van der Waals surface area contributed by atoms with Gasteiger partial charge in [0.15, 0.2) is 0 Å². The molecule has 0 fully saturated rings. The first-order valence-electron chi connectivity index (χ1n) is 7.83. The van der Waals surface area contributed by atoms with E-state index in [-0.39, 0.29) is 0 Å². The molecular formula is C17H23N5. The Morgan fingerprint density at radius 1 is 1.27 bits per heavy atom. The van der Waals surface area contributed by atoms with Crippen LogP contribution in [0.2, 0.25) is 0 Å². The standard InChI is InChI=1S/C17H23N5/c1-14(12-22-11-10-18-13-22)19-9-5-8-17-20-15-6-3-4-7-16(15)21(17)2/h3-4,6-7,10-11,13-14,19H,5,8-9,12H2,1-2H3/t14-/m1/s1. The molecule has 0 saturated heterocycles. The smallest absolute Gasteiger partial charge is 0.109 e. The molecule has 0 aliphatic carbocycles. The molecule has 0 aliphatic heterocycles. The summed E-state index contributed by atoms with van der Waals surface area (Å²) in [6, 6.07) is 8.74. The molecule has 5 heteroatoms. The first-order chi connectivity index (χ1) is 10.7. The second-order valence-corrected chi connectivity index (χ2v) is 5.79. The van der Waals surface area contributed by atoms with Crippen LogP contribution in [0.4, 0.5) is 0 Å². The Morgan fingerprint density at radius 2 is 2.14 bits per heavy atom. The van der Waals surface area contributed by atoms with Crippen LogP contribution in [-0.4, -0.2) is 31.7 Å². The average Bonchev–Trinajstić information content (AvgIpc) is 3.13. The van der Waals surface area contributed by atoms with Gasteiger partial charge in [-0.15, -0.1) is 0 Å². The summed E-state index contributed by atoms with van der Waals surface area (Å²) >= 11 is 0. The molecule has 22 heavy (non-hydrogen) atoms. The Hall–Kier alpha value is -2.14. The predicted molar refractivity (Wildman–Crippen MR) is 88.7 cm³/mol. The second-order valence-electron chi connectivity index (χ2n) is 5.79. The zero-order valence-electron chi connectivity index (χ0n) is 13.2. The molecule has 0 radical (unpaired) electrons. The van der Waals surface area contributed by atoms with E-state index in [1.54, 1.807) is 0 Å². The summed E-state index contributed by atoms with van der Waals surface area (Å²) in [6.45, 7) is 4.15. The van der Waals surface area contributed by atoms with Gasteiger partial charge in [-0.2, -0.15) is 0 Å². The number of imidazole rings is 2. The van der Waals surface area contributed by atoms with Crippen LogP contribution in [0.3, 0.4) is 0 Å². The second kappa shape index (κ2) is 6.75. The summed E-state index contributed by atoms with van der Waals surface area (Å²) in [7, 11) is 2.10. The number of aromatic nitrogens is 4. The van der Waals surface area contributed by atoms with Gasteiger partial charge in [0.25, 0.3) is 0 Å². The zero-order chi connectivity index (χ0) is 15.4. The maximum Gasteiger partial charge on any atom is 0.109 e. The van der Waals surface area contributed by atoms with Crippen LogP contribution in [0.5, 0.6) is 0 Å².